The van der Waals surface area contributed by atoms with E-state index in [4.69, 9.17) is 4.74 Å². The lowest BCUT2D eigenvalue weighted by atomic mass is 10.2. The average molecular weight is 451 g/mol. The highest BCUT2D eigenvalue weighted by molar-refractivity contribution is 14.1. The maximum atomic E-state index is 12.0. The molecule has 0 saturated heterocycles. The Hall–Kier alpha value is -2.10. The van der Waals surface area contributed by atoms with Gasteiger partial charge in [0.05, 0.1) is 24.0 Å². The molecule has 0 atom stereocenters. The van der Waals surface area contributed by atoms with Crippen molar-refractivity contribution in [2.75, 3.05) is 6.61 Å². The van der Waals surface area contributed by atoms with Gasteiger partial charge in [0.25, 0.3) is 0 Å². The van der Waals surface area contributed by atoms with Gasteiger partial charge in [-0.3, -0.25) is 14.5 Å². The van der Waals surface area contributed by atoms with Gasteiger partial charge in [-0.2, -0.15) is 5.10 Å². The molecule has 0 unspecified atom stereocenters. The summed E-state index contributed by atoms with van der Waals surface area (Å²) in [6, 6.07) is 1.94. The molecule has 0 bridgehead atoms. The number of nitrogens with zero attached hydrogens (tertiary/aromatic N) is 5. The molecule has 0 aliphatic carbocycles. The number of pyridine rings is 1. The molecule has 0 saturated carbocycles. The van der Waals surface area contributed by atoms with Crippen LogP contribution in [0.5, 0.6) is 0 Å². The molecular formula is C17H18IN5O2. The molecule has 130 valence electrons. The number of ether oxygens (including phenoxy) is 1. The first kappa shape index (κ1) is 17.7. The van der Waals surface area contributed by atoms with Crippen molar-refractivity contribution in [3.63, 3.8) is 0 Å². The zero-order valence-corrected chi connectivity index (χ0v) is 16.4. The normalized spacial score (nSPS) is 11.2. The third-order valence-electron chi connectivity index (χ3n) is 3.52. The monoisotopic (exact) mass is 451 g/mol. The second-order valence-electron chi connectivity index (χ2n) is 6.13. The number of carbonyl (C=O) groups is 1. The fourth-order valence-corrected chi connectivity index (χ4v) is 2.96. The van der Waals surface area contributed by atoms with E-state index in [-0.39, 0.29) is 12.5 Å². The molecule has 0 aliphatic heterocycles. The van der Waals surface area contributed by atoms with Crippen molar-refractivity contribution >= 4 is 39.5 Å². The zero-order valence-electron chi connectivity index (χ0n) is 14.2. The summed E-state index contributed by atoms with van der Waals surface area (Å²) in [5.41, 5.74) is 2.41. The van der Waals surface area contributed by atoms with Gasteiger partial charge < -0.3 is 4.74 Å². The minimum Gasteiger partial charge on any atom is -0.464 e. The summed E-state index contributed by atoms with van der Waals surface area (Å²) in [4.78, 5) is 24.8. The van der Waals surface area contributed by atoms with Gasteiger partial charge in [0, 0.05) is 23.3 Å². The highest BCUT2D eigenvalue weighted by Gasteiger charge is 2.14. The Labute approximate surface area is 159 Å². The minimum atomic E-state index is -0.300. The molecule has 3 rings (SSSR count). The first-order valence-corrected chi connectivity index (χ1v) is 8.98. The molecular weight excluding hydrogens is 433 g/mol. The van der Waals surface area contributed by atoms with Crippen LogP contribution in [0.15, 0.2) is 24.7 Å². The molecule has 0 fully saturated rings. The van der Waals surface area contributed by atoms with Crippen LogP contribution in [0.25, 0.3) is 22.2 Å². The van der Waals surface area contributed by atoms with E-state index in [0.717, 1.165) is 25.9 Å². The molecule has 25 heavy (non-hydrogen) atoms. The zero-order chi connectivity index (χ0) is 18.0. The van der Waals surface area contributed by atoms with Crippen molar-refractivity contribution < 1.29 is 9.53 Å². The van der Waals surface area contributed by atoms with Crippen molar-refractivity contribution in [2.45, 2.75) is 27.3 Å². The molecule has 0 radical (unpaired) electrons. The maximum absolute atomic E-state index is 12.0. The topological polar surface area (TPSA) is 82.8 Å². The third-order valence-corrected chi connectivity index (χ3v) is 4.32. The summed E-state index contributed by atoms with van der Waals surface area (Å²) in [6.07, 6.45) is 5.21. The Balaban J connectivity index is 1.88. The Kier molecular flexibility index (Phi) is 5.26. The van der Waals surface area contributed by atoms with Crippen molar-refractivity contribution in [3.8, 4) is 11.3 Å². The number of fused-ring (bicyclic) bond motifs is 1. The number of rotatable bonds is 5. The van der Waals surface area contributed by atoms with Gasteiger partial charge >= 0.3 is 5.97 Å². The number of aromatic nitrogens is 5. The summed E-state index contributed by atoms with van der Waals surface area (Å²) < 4.78 is 7.66. The fraction of sp³-hybridized carbons (Fsp3) is 0.353. The largest absolute Gasteiger partial charge is 0.464 e. The first-order chi connectivity index (χ1) is 11.9. The van der Waals surface area contributed by atoms with Crippen LogP contribution < -0.4 is 0 Å². The van der Waals surface area contributed by atoms with E-state index in [2.05, 4.69) is 42.6 Å². The maximum Gasteiger partial charge on any atom is 0.327 e. The number of esters is 1. The minimum absolute atomic E-state index is 0.0703. The summed E-state index contributed by atoms with van der Waals surface area (Å²) in [5, 5.41) is 5.37. The number of aryl methyl sites for hydroxylation is 1. The van der Waals surface area contributed by atoms with Crippen LogP contribution in [0, 0.1) is 16.5 Å². The van der Waals surface area contributed by atoms with Gasteiger partial charge in [-0.05, 0) is 41.5 Å². The number of halogens is 1. The van der Waals surface area contributed by atoms with Gasteiger partial charge in [-0.15, -0.1) is 0 Å². The van der Waals surface area contributed by atoms with Gasteiger partial charge in [-0.25, -0.2) is 9.97 Å². The second kappa shape index (κ2) is 7.42. The smallest absolute Gasteiger partial charge is 0.327 e. The van der Waals surface area contributed by atoms with E-state index in [1.54, 1.807) is 23.3 Å². The number of hydrogen-bond donors (Lipinski definition) is 0. The van der Waals surface area contributed by atoms with Crippen LogP contribution in [-0.4, -0.2) is 37.3 Å². The van der Waals surface area contributed by atoms with Gasteiger partial charge in [0.2, 0.25) is 0 Å². The Bertz CT molecular complexity index is 905. The molecule has 3 aromatic rings. The number of carbonyl (C=O) groups excluding carboxylic acids is 1. The molecule has 0 aromatic carbocycles. The SMILES string of the molecule is Cc1ncc(-c2cc3c(I)nn(CC(=O)OCC(C)C)c3cn2)cn1. The second-order valence-corrected chi connectivity index (χ2v) is 7.15. The highest BCUT2D eigenvalue weighted by Crippen LogP contribution is 2.24. The standard InChI is InChI=1S/C17H18IN5O2/c1-10(2)9-25-16(24)8-23-15-7-21-14(4-13(15)17(18)22-23)12-5-19-11(3)20-6-12/h4-7,10H,8-9H2,1-3H3. The lowest BCUT2D eigenvalue weighted by Crippen LogP contribution is -2.17. The van der Waals surface area contributed by atoms with Gasteiger partial charge in [-0.1, -0.05) is 13.8 Å². The average Bonchev–Trinajstić information content (AvgIpc) is 2.89. The molecule has 8 heteroatoms. The lowest BCUT2D eigenvalue weighted by molar-refractivity contribution is -0.145. The fourth-order valence-electron chi connectivity index (χ4n) is 2.26. The predicted molar refractivity (Wildman–Crippen MR) is 102 cm³/mol. The van der Waals surface area contributed by atoms with Crippen molar-refractivity contribution in [2.24, 2.45) is 5.92 Å². The quantitative estimate of drug-likeness (QED) is 0.438. The van der Waals surface area contributed by atoms with Gasteiger partial charge in [0.1, 0.15) is 16.1 Å². The molecule has 0 amide bonds. The Morgan fingerprint density at radius 2 is 1.96 bits per heavy atom. The number of hydrogen-bond acceptors (Lipinski definition) is 6. The van der Waals surface area contributed by atoms with E-state index in [1.165, 1.54) is 0 Å². The molecule has 0 aliphatic rings. The van der Waals surface area contributed by atoms with Crippen molar-refractivity contribution in [1.82, 2.24) is 24.7 Å². The van der Waals surface area contributed by atoms with E-state index in [0.29, 0.717) is 18.3 Å². The predicted octanol–water partition coefficient (Wildman–Crippen LogP) is 3.00. The Morgan fingerprint density at radius 1 is 1.24 bits per heavy atom. The molecule has 0 spiro atoms. The van der Waals surface area contributed by atoms with Crippen LogP contribution in [0.4, 0.5) is 0 Å². The van der Waals surface area contributed by atoms with Crippen molar-refractivity contribution in [1.29, 1.82) is 0 Å². The summed E-state index contributed by atoms with van der Waals surface area (Å²) in [6.45, 7) is 6.32. The van der Waals surface area contributed by atoms with Gasteiger partial charge in [0.15, 0.2) is 0 Å². The molecule has 0 N–H and O–H groups in total. The van der Waals surface area contributed by atoms with Crippen molar-refractivity contribution in [3.05, 3.63) is 34.2 Å². The summed E-state index contributed by atoms with van der Waals surface area (Å²) >= 11 is 2.16. The third kappa shape index (κ3) is 4.12. The molecule has 3 heterocycles. The van der Waals surface area contributed by atoms with E-state index in [9.17, 15) is 4.79 Å². The van der Waals surface area contributed by atoms with E-state index in [1.807, 2.05) is 26.8 Å². The summed E-state index contributed by atoms with van der Waals surface area (Å²) in [7, 11) is 0. The lowest BCUT2D eigenvalue weighted by Gasteiger charge is -2.07. The van der Waals surface area contributed by atoms with Crippen LogP contribution in [0.1, 0.15) is 19.7 Å². The Morgan fingerprint density at radius 3 is 2.64 bits per heavy atom. The molecule has 7 nitrogen and oxygen atoms in total. The molecule has 3 aromatic heterocycles. The van der Waals surface area contributed by atoms with Crippen LogP contribution in [-0.2, 0) is 16.1 Å². The van der Waals surface area contributed by atoms with Crippen LogP contribution in [0.2, 0.25) is 0 Å². The highest BCUT2D eigenvalue weighted by atomic mass is 127. The summed E-state index contributed by atoms with van der Waals surface area (Å²) in [5.74, 6) is 0.719. The first-order valence-electron chi connectivity index (χ1n) is 7.90. The van der Waals surface area contributed by atoms with Crippen LogP contribution >= 0.6 is 22.6 Å². The van der Waals surface area contributed by atoms with Crippen LogP contribution in [0.3, 0.4) is 0 Å². The van der Waals surface area contributed by atoms with E-state index < -0.39 is 0 Å². The van der Waals surface area contributed by atoms with E-state index >= 15 is 0 Å².